The van der Waals surface area contributed by atoms with Crippen molar-refractivity contribution in [1.29, 1.82) is 0 Å². The van der Waals surface area contributed by atoms with Crippen LogP contribution in [0.15, 0.2) is 36.5 Å². The maximum Gasteiger partial charge on any atom is 0.258 e. The summed E-state index contributed by atoms with van der Waals surface area (Å²) in [4.78, 5) is 31.1. The van der Waals surface area contributed by atoms with E-state index in [2.05, 4.69) is 13.8 Å². The van der Waals surface area contributed by atoms with Crippen molar-refractivity contribution in [1.82, 2.24) is 14.4 Å². The van der Waals surface area contributed by atoms with Crippen LogP contribution in [0.5, 0.6) is 11.5 Å². The van der Waals surface area contributed by atoms with Gasteiger partial charge in [0.15, 0.2) is 0 Å². The molecule has 1 aliphatic rings. The predicted molar refractivity (Wildman–Crippen MR) is 133 cm³/mol. The molecule has 186 valence electrons. The molecule has 0 bridgehead atoms. The van der Waals surface area contributed by atoms with Crippen LogP contribution < -0.4 is 9.47 Å². The van der Waals surface area contributed by atoms with Crippen LogP contribution >= 0.6 is 0 Å². The largest absolute Gasteiger partial charge is 0.497 e. The van der Waals surface area contributed by atoms with Crippen LogP contribution in [0, 0.1) is 5.92 Å². The van der Waals surface area contributed by atoms with Gasteiger partial charge in [-0.25, -0.2) is 0 Å². The van der Waals surface area contributed by atoms with Crippen LogP contribution in [0.4, 0.5) is 0 Å². The molecule has 2 aromatic rings. The van der Waals surface area contributed by atoms with Gasteiger partial charge in [0.25, 0.3) is 5.91 Å². The Morgan fingerprint density at radius 3 is 2.41 bits per heavy atom. The number of carbonyl (C=O) groups is 2. The van der Waals surface area contributed by atoms with Crippen molar-refractivity contribution < 1.29 is 19.1 Å². The summed E-state index contributed by atoms with van der Waals surface area (Å²) in [7, 11) is 5.12. The Bertz CT molecular complexity index is 963. The smallest absolute Gasteiger partial charge is 0.258 e. The first-order valence-electron chi connectivity index (χ1n) is 12.2. The van der Waals surface area contributed by atoms with Crippen LogP contribution in [-0.2, 0) is 18.4 Å². The van der Waals surface area contributed by atoms with Gasteiger partial charge in [-0.2, -0.15) is 0 Å². The molecule has 1 saturated carbocycles. The number of aromatic nitrogens is 1. The van der Waals surface area contributed by atoms with E-state index in [1.54, 1.807) is 37.3 Å². The molecule has 1 aromatic heterocycles. The molecule has 2 amide bonds. The molecule has 1 aliphatic carbocycles. The standard InChI is InChI=1S/C27H39N3O4/c1-20(2)17-29(18-22-12-9-15-28(22)3)26(31)19-30(21-10-7-6-8-11-21)27(32)24-14-13-23(33-4)16-25(24)34-5/h9,12-16,20-21H,6-8,10-11,17-19H2,1-5H3. The van der Waals surface area contributed by atoms with E-state index in [0.717, 1.165) is 31.4 Å². The fourth-order valence-corrected chi connectivity index (χ4v) is 4.69. The average molecular weight is 470 g/mol. The van der Waals surface area contributed by atoms with Crippen LogP contribution in [0.3, 0.4) is 0 Å². The second kappa shape index (κ2) is 12.0. The van der Waals surface area contributed by atoms with E-state index < -0.39 is 0 Å². The lowest BCUT2D eigenvalue weighted by Crippen LogP contribution is -2.48. The Kier molecular flexibility index (Phi) is 9.02. The summed E-state index contributed by atoms with van der Waals surface area (Å²) in [5.41, 5.74) is 1.53. The second-order valence-electron chi connectivity index (χ2n) is 9.57. The molecule has 0 unspecified atom stereocenters. The van der Waals surface area contributed by atoms with Gasteiger partial charge in [-0.05, 0) is 43.0 Å². The Morgan fingerprint density at radius 1 is 1.09 bits per heavy atom. The van der Waals surface area contributed by atoms with Gasteiger partial charge in [-0.3, -0.25) is 9.59 Å². The molecule has 0 aliphatic heterocycles. The molecule has 0 radical (unpaired) electrons. The average Bonchev–Trinajstić information content (AvgIpc) is 3.25. The normalized spacial score (nSPS) is 14.2. The number of amides is 2. The zero-order chi connectivity index (χ0) is 24.7. The lowest BCUT2D eigenvalue weighted by Gasteiger charge is -2.36. The number of carbonyl (C=O) groups excluding carboxylic acids is 2. The van der Waals surface area contributed by atoms with Crippen molar-refractivity contribution in [2.75, 3.05) is 27.3 Å². The van der Waals surface area contributed by atoms with Gasteiger partial charge in [-0.1, -0.05) is 33.1 Å². The quantitative estimate of drug-likeness (QED) is 0.514. The first-order chi connectivity index (χ1) is 16.3. The van der Waals surface area contributed by atoms with Gasteiger partial charge >= 0.3 is 0 Å². The fraction of sp³-hybridized carbons (Fsp3) is 0.556. The highest BCUT2D eigenvalue weighted by molar-refractivity contribution is 5.99. The van der Waals surface area contributed by atoms with Crippen molar-refractivity contribution in [3.63, 3.8) is 0 Å². The second-order valence-corrected chi connectivity index (χ2v) is 9.57. The molecule has 0 spiro atoms. The number of methoxy groups -OCH3 is 2. The summed E-state index contributed by atoms with van der Waals surface area (Å²) >= 11 is 0. The molecule has 0 N–H and O–H groups in total. The van der Waals surface area contributed by atoms with Crippen molar-refractivity contribution in [3.05, 3.63) is 47.8 Å². The molecule has 1 heterocycles. The maximum atomic E-state index is 13.8. The first kappa shape index (κ1) is 25.7. The topological polar surface area (TPSA) is 64.0 Å². The molecule has 34 heavy (non-hydrogen) atoms. The van der Waals surface area contributed by atoms with Crippen LogP contribution in [0.2, 0.25) is 0 Å². The molecule has 1 fully saturated rings. The van der Waals surface area contributed by atoms with E-state index >= 15 is 0 Å². The SMILES string of the molecule is COc1ccc(C(=O)N(CC(=O)N(Cc2cccn2C)CC(C)C)C2CCCCC2)c(OC)c1. The van der Waals surface area contributed by atoms with Crippen LogP contribution in [-0.4, -0.2) is 59.5 Å². The third kappa shape index (κ3) is 6.33. The van der Waals surface area contributed by atoms with Crippen molar-refractivity contribution in [3.8, 4) is 11.5 Å². The number of nitrogens with zero attached hydrogens (tertiary/aromatic N) is 3. The summed E-state index contributed by atoms with van der Waals surface area (Å²) in [5, 5.41) is 0. The minimum Gasteiger partial charge on any atom is -0.497 e. The van der Waals surface area contributed by atoms with Crippen LogP contribution in [0.1, 0.15) is 62.0 Å². The molecule has 7 nitrogen and oxygen atoms in total. The number of ether oxygens (including phenoxy) is 2. The monoisotopic (exact) mass is 469 g/mol. The number of hydrogen-bond acceptors (Lipinski definition) is 4. The van der Waals surface area contributed by atoms with Gasteiger partial charge in [0.2, 0.25) is 5.91 Å². The number of aryl methyl sites for hydroxylation is 1. The van der Waals surface area contributed by atoms with E-state index in [4.69, 9.17) is 9.47 Å². The van der Waals surface area contributed by atoms with Gasteiger partial charge in [0.05, 0.1) is 26.3 Å². The van der Waals surface area contributed by atoms with E-state index in [0.29, 0.717) is 36.1 Å². The van der Waals surface area contributed by atoms with Crippen molar-refractivity contribution in [2.24, 2.45) is 13.0 Å². The van der Waals surface area contributed by atoms with Gasteiger partial charge in [0.1, 0.15) is 18.0 Å². The highest BCUT2D eigenvalue weighted by Gasteiger charge is 2.31. The third-order valence-electron chi connectivity index (χ3n) is 6.56. The Morgan fingerprint density at radius 2 is 1.82 bits per heavy atom. The van der Waals surface area contributed by atoms with Gasteiger partial charge in [-0.15, -0.1) is 0 Å². The third-order valence-corrected chi connectivity index (χ3v) is 6.56. The molecular weight excluding hydrogens is 430 g/mol. The molecular formula is C27H39N3O4. The number of rotatable bonds is 10. The number of benzene rings is 1. The summed E-state index contributed by atoms with van der Waals surface area (Å²) in [6.07, 6.45) is 7.13. The van der Waals surface area contributed by atoms with Crippen molar-refractivity contribution in [2.45, 2.75) is 58.5 Å². The van der Waals surface area contributed by atoms with Gasteiger partial charge in [0, 0.05) is 37.6 Å². The zero-order valence-corrected chi connectivity index (χ0v) is 21.3. The molecule has 7 heteroatoms. The molecule has 1 aromatic carbocycles. The van der Waals surface area contributed by atoms with E-state index in [1.807, 2.05) is 34.8 Å². The highest BCUT2D eigenvalue weighted by Crippen LogP contribution is 2.29. The van der Waals surface area contributed by atoms with E-state index in [9.17, 15) is 9.59 Å². The summed E-state index contributed by atoms with van der Waals surface area (Å²) in [6, 6.07) is 9.28. The first-order valence-corrected chi connectivity index (χ1v) is 12.2. The van der Waals surface area contributed by atoms with E-state index in [1.165, 1.54) is 6.42 Å². The van der Waals surface area contributed by atoms with Gasteiger partial charge < -0.3 is 23.8 Å². The Hall–Kier alpha value is -2.96. The summed E-state index contributed by atoms with van der Waals surface area (Å²) < 4.78 is 12.8. The minimum atomic E-state index is -0.164. The molecule has 0 atom stereocenters. The van der Waals surface area contributed by atoms with Crippen molar-refractivity contribution >= 4 is 11.8 Å². The fourth-order valence-electron chi connectivity index (χ4n) is 4.69. The van der Waals surface area contributed by atoms with Crippen LogP contribution in [0.25, 0.3) is 0 Å². The Labute approximate surface area is 203 Å². The minimum absolute atomic E-state index is 0.0266. The number of hydrogen-bond donors (Lipinski definition) is 0. The summed E-state index contributed by atoms with van der Waals surface area (Å²) in [5.74, 6) is 1.22. The lowest BCUT2D eigenvalue weighted by molar-refractivity contribution is -0.133. The lowest BCUT2D eigenvalue weighted by atomic mass is 9.93. The molecule has 0 saturated heterocycles. The molecule has 3 rings (SSSR count). The highest BCUT2D eigenvalue weighted by atomic mass is 16.5. The summed E-state index contributed by atoms with van der Waals surface area (Å²) in [6.45, 7) is 5.45. The predicted octanol–water partition coefficient (Wildman–Crippen LogP) is 4.50. The Balaban J connectivity index is 1.88. The van der Waals surface area contributed by atoms with E-state index in [-0.39, 0.29) is 24.4 Å². The zero-order valence-electron chi connectivity index (χ0n) is 21.3. The maximum absolute atomic E-state index is 13.8.